The first-order chi connectivity index (χ1) is 13.3. The van der Waals surface area contributed by atoms with Gasteiger partial charge in [0.05, 0.1) is 11.0 Å². The molecule has 0 aliphatic heterocycles. The summed E-state index contributed by atoms with van der Waals surface area (Å²) in [7, 11) is 0. The van der Waals surface area contributed by atoms with Crippen LogP contribution in [0.15, 0.2) is 84.9 Å². The Morgan fingerprint density at radius 1 is 0.667 bits per heavy atom. The second-order valence-corrected chi connectivity index (χ2v) is 6.83. The first kappa shape index (κ1) is 17.5. The van der Waals surface area contributed by atoms with Gasteiger partial charge in [0.1, 0.15) is 0 Å². The summed E-state index contributed by atoms with van der Waals surface area (Å²) in [5.74, 6) is 0.732. The summed E-state index contributed by atoms with van der Waals surface area (Å²) in [5, 5.41) is 0.442. The maximum Gasteiger partial charge on any atom is 0.172 e. The van der Waals surface area contributed by atoms with E-state index in [2.05, 4.69) is 58.4 Å². The number of nitrogens with zero attached hydrogens (tertiary/aromatic N) is 3. The largest absolute Gasteiger partial charge is 0.349 e. The van der Waals surface area contributed by atoms with Crippen LogP contribution in [-0.4, -0.2) is 16.5 Å². The lowest BCUT2D eigenvalue weighted by Gasteiger charge is -2.25. The van der Waals surface area contributed by atoms with Gasteiger partial charge in [0, 0.05) is 13.1 Å². The van der Waals surface area contributed by atoms with Crippen LogP contribution in [0.3, 0.4) is 0 Å². The minimum Gasteiger partial charge on any atom is -0.349 e. The maximum absolute atomic E-state index is 6.53. The first-order valence-electron chi connectivity index (χ1n) is 9.05. The number of fused-ring (bicyclic) bond motifs is 1. The van der Waals surface area contributed by atoms with E-state index in [4.69, 9.17) is 16.6 Å². The Bertz CT molecular complexity index is 1020. The molecule has 3 aromatic carbocycles. The van der Waals surface area contributed by atoms with E-state index in [9.17, 15) is 0 Å². The van der Waals surface area contributed by atoms with Gasteiger partial charge in [0.25, 0.3) is 0 Å². The average Bonchev–Trinajstić information content (AvgIpc) is 2.72. The van der Waals surface area contributed by atoms with Crippen molar-refractivity contribution >= 4 is 28.5 Å². The third kappa shape index (κ3) is 4.26. The number of aromatic nitrogens is 2. The lowest BCUT2D eigenvalue weighted by molar-refractivity contribution is 0.768. The predicted molar refractivity (Wildman–Crippen MR) is 112 cm³/mol. The third-order valence-electron chi connectivity index (χ3n) is 4.54. The minimum atomic E-state index is 0.442. The molecule has 0 N–H and O–H groups in total. The fourth-order valence-corrected chi connectivity index (χ4v) is 3.40. The summed E-state index contributed by atoms with van der Waals surface area (Å²) < 4.78 is 0. The topological polar surface area (TPSA) is 29.0 Å². The molecule has 27 heavy (non-hydrogen) atoms. The molecule has 0 spiro atoms. The highest BCUT2D eigenvalue weighted by Gasteiger charge is 2.15. The Morgan fingerprint density at radius 3 is 1.89 bits per heavy atom. The van der Waals surface area contributed by atoms with Crippen molar-refractivity contribution in [1.82, 2.24) is 9.97 Å². The Kier molecular flexibility index (Phi) is 5.31. The van der Waals surface area contributed by atoms with E-state index in [1.54, 1.807) is 0 Å². The molecule has 0 saturated heterocycles. The van der Waals surface area contributed by atoms with Crippen molar-refractivity contribution in [3.05, 3.63) is 101 Å². The van der Waals surface area contributed by atoms with Gasteiger partial charge in [0.15, 0.2) is 11.0 Å². The molecule has 4 heteroatoms. The van der Waals surface area contributed by atoms with Crippen molar-refractivity contribution < 1.29 is 0 Å². The number of para-hydroxylation sites is 2. The van der Waals surface area contributed by atoms with Gasteiger partial charge in [0.2, 0.25) is 0 Å². The monoisotopic (exact) mass is 373 g/mol. The number of halogens is 1. The quantitative estimate of drug-likeness (QED) is 0.444. The van der Waals surface area contributed by atoms with E-state index in [0.29, 0.717) is 5.15 Å². The van der Waals surface area contributed by atoms with Crippen molar-refractivity contribution in [2.24, 2.45) is 0 Å². The van der Waals surface area contributed by atoms with E-state index >= 15 is 0 Å². The zero-order valence-corrected chi connectivity index (χ0v) is 15.7. The van der Waals surface area contributed by atoms with Gasteiger partial charge in [-0.2, -0.15) is 0 Å². The summed E-state index contributed by atoms with van der Waals surface area (Å²) in [4.78, 5) is 11.6. The molecule has 0 fully saturated rings. The van der Waals surface area contributed by atoms with Gasteiger partial charge < -0.3 is 4.90 Å². The molecule has 0 amide bonds. The molecule has 0 radical (unpaired) electrons. The number of benzene rings is 3. The third-order valence-corrected chi connectivity index (χ3v) is 4.79. The van der Waals surface area contributed by atoms with E-state index in [-0.39, 0.29) is 0 Å². The molecule has 1 aromatic heterocycles. The van der Waals surface area contributed by atoms with Gasteiger partial charge in [-0.25, -0.2) is 9.97 Å². The van der Waals surface area contributed by atoms with Crippen molar-refractivity contribution in [2.75, 3.05) is 11.4 Å². The first-order valence-corrected chi connectivity index (χ1v) is 9.42. The summed E-state index contributed by atoms with van der Waals surface area (Å²) >= 11 is 6.53. The summed E-state index contributed by atoms with van der Waals surface area (Å²) in [5.41, 5.74) is 4.18. The normalized spacial score (nSPS) is 10.9. The molecule has 3 nitrogen and oxygen atoms in total. The number of hydrogen-bond acceptors (Lipinski definition) is 3. The van der Waals surface area contributed by atoms with Gasteiger partial charge in [-0.15, -0.1) is 0 Å². The van der Waals surface area contributed by atoms with Gasteiger partial charge in [-0.3, -0.25) is 0 Å². The van der Waals surface area contributed by atoms with Crippen molar-refractivity contribution in [2.45, 2.75) is 13.0 Å². The highest BCUT2D eigenvalue weighted by molar-refractivity contribution is 6.32. The molecule has 0 saturated carbocycles. The highest BCUT2D eigenvalue weighted by Crippen LogP contribution is 2.26. The summed E-state index contributed by atoms with van der Waals surface area (Å²) in [6.07, 6.45) is 0.915. The molecular weight excluding hydrogens is 354 g/mol. The van der Waals surface area contributed by atoms with E-state index in [1.165, 1.54) is 11.1 Å². The Labute approximate surface area is 164 Å². The fraction of sp³-hybridized carbons (Fsp3) is 0.130. The lowest BCUT2D eigenvalue weighted by Crippen LogP contribution is -2.27. The lowest BCUT2D eigenvalue weighted by atomic mass is 10.1. The maximum atomic E-state index is 6.53. The van der Waals surface area contributed by atoms with Crippen molar-refractivity contribution in [3.63, 3.8) is 0 Å². The molecule has 0 bridgehead atoms. The Hall–Kier alpha value is -2.91. The van der Waals surface area contributed by atoms with Crippen LogP contribution in [0.2, 0.25) is 5.15 Å². The van der Waals surface area contributed by atoms with Gasteiger partial charge >= 0.3 is 0 Å². The van der Waals surface area contributed by atoms with Crippen LogP contribution in [-0.2, 0) is 13.0 Å². The highest BCUT2D eigenvalue weighted by atomic mass is 35.5. The van der Waals surface area contributed by atoms with Crippen LogP contribution in [0.4, 0.5) is 5.82 Å². The molecule has 4 aromatic rings. The number of hydrogen-bond donors (Lipinski definition) is 0. The van der Waals surface area contributed by atoms with Gasteiger partial charge in [-0.05, 0) is 29.7 Å². The van der Waals surface area contributed by atoms with Crippen LogP contribution in [0.25, 0.3) is 11.0 Å². The number of rotatable bonds is 6. The minimum absolute atomic E-state index is 0.442. The molecule has 4 rings (SSSR count). The molecule has 134 valence electrons. The predicted octanol–water partition coefficient (Wildman–Crippen LogP) is 5.53. The van der Waals surface area contributed by atoms with Gasteiger partial charge in [-0.1, -0.05) is 84.4 Å². The molecule has 0 aliphatic carbocycles. The Morgan fingerprint density at radius 2 is 1.22 bits per heavy atom. The van der Waals surface area contributed by atoms with Crippen LogP contribution in [0.5, 0.6) is 0 Å². The molecule has 0 aliphatic rings. The van der Waals surface area contributed by atoms with E-state index in [0.717, 1.165) is 36.4 Å². The van der Waals surface area contributed by atoms with Crippen LogP contribution in [0.1, 0.15) is 11.1 Å². The molecule has 0 unspecified atom stereocenters. The Balaban J connectivity index is 1.67. The van der Waals surface area contributed by atoms with Crippen molar-refractivity contribution in [1.29, 1.82) is 0 Å². The number of anilines is 1. The molecule has 1 heterocycles. The second kappa shape index (κ2) is 8.19. The summed E-state index contributed by atoms with van der Waals surface area (Å²) in [6, 6.07) is 28.7. The van der Waals surface area contributed by atoms with E-state index in [1.807, 2.05) is 36.4 Å². The van der Waals surface area contributed by atoms with Crippen molar-refractivity contribution in [3.8, 4) is 0 Å². The summed E-state index contributed by atoms with van der Waals surface area (Å²) in [6.45, 7) is 1.55. The van der Waals surface area contributed by atoms with E-state index < -0.39 is 0 Å². The van der Waals surface area contributed by atoms with Crippen LogP contribution in [0, 0.1) is 0 Å². The SMILES string of the molecule is Clc1nc2ccccc2nc1N(CCc1ccccc1)Cc1ccccc1. The average molecular weight is 374 g/mol. The fourth-order valence-electron chi connectivity index (χ4n) is 3.14. The molecular formula is C23H20ClN3. The smallest absolute Gasteiger partial charge is 0.172 e. The van der Waals surface area contributed by atoms with Crippen LogP contribution < -0.4 is 4.90 Å². The zero-order chi connectivity index (χ0) is 18.5. The molecule has 0 atom stereocenters. The zero-order valence-electron chi connectivity index (χ0n) is 14.9. The standard InChI is InChI=1S/C23H20ClN3/c24-22-23(26-21-14-8-7-13-20(21)25-22)27(17-19-11-5-2-6-12-19)16-15-18-9-3-1-4-10-18/h1-14H,15-17H2. The second-order valence-electron chi connectivity index (χ2n) is 6.47. The van der Waals surface area contributed by atoms with Crippen LogP contribution >= 0.6 is 11.6 Å².